The van der Waals surface area contributed by atoms with Gasteiger partial charge in [-0.3, -0.25) is 14.4 Å². The summed E-state index contributed by atoms with van der Waals surface area (Å²) in [7, 11) is 1.48. The summed E-state index contributed by atoms with van der Waals surface area (Å²) in [5, 5.41) is 14.3. The van der Waals surface area contributed by atoms with Crippen molar-refractivity contribution in [1.82, 2.24) is 15.5 Å². The monoisotopic (exact) mass is 473 g/mol. The Morgan fingerprint density at radius 3 is 2.47 bits per heavy atom. The number of ketones is 1. The molecule has 8 nitrogen and oxygen atoms in total. The average Bonchev–Trinajstić information content (AvgIpc) is 2.79. The first-order chi connectivity index (χ1) is 15.8. The van der Waals surface area contributed by atoms with Gasteiger partial charge >= 0.3 is 41.6 Å². The van der Waals surface area contributed by atoms with Crippen molar-refractivity contribution in [2.75, 3.05) is 7.05 Å². The molecule has 0 radical (unpaired) electrons. The summed E-state index contributed by atoms with van der Waals surface area (Å²) < 4.78 is 0. The van der Waals surface area contributed by atoms with Gasteiger partial charge in [-0.2, -0.15) is 0 Å². The zero-order valence-corrected chi connectivity index (χ0v) is 18.6. The second-order valence-electron chi connectivity index (χ2n) is 7.91. The zero-order valence-electron chi connectivity index (χ0n) is 18.6. The van der Waals surface area contributed by atoms with Gasteiger partial charge < -0.3 is 20.6 Å². The third-order valence-corrected chi connectivity index (χ3v) is 5.55. The van der Waals surface area contributed by atoms with Crippen LogP contribution in [-0.4, -0.2) is 76.3 Å². The van der Waals surface area contributed by atoms with Gasteiger partial charge in [0.2, 0.25) is 0 Å². The molecule has 3 N–H and O–H groups in total. The van der Waals surface area contributed by atoms with Gasteiger partial charge in [0.1, 0.15) is 0 Å². The van der Waals surface area contributed by atoms with Crippen LogP contribution in [0.15, 0.2) is 60.8 Å². The number of rotatable bonds is 8. The fraction of sp³-hybridized carbons (Fsp3) is 0.280. The van der Waals surface area contributed by atoms with E-state index in [4.69, 9.17) is 0 Å². The number of urea groups is 1. The zero-order chi connectivity index (χ0) is 24.0. The van der Waals surface area contributed by atoms with Crippen molar-refractivity contribution in [3.05, 3.63) is 83.1 Å². The molecule has 1 heterocycles. The van der Waals surface area contributed by atoms with Crippen LogP contribution in [0.3, 0.4) is 0 Å². The number of aryl methyl sites for hydroxylation is 1. The van der Waals surface area contributed by atoms with Crippen LogP contribution in [0, 0.1) is 0 Å². The molecule has 0 bridgehead atoms. The maximum atomic E-state index is 12.6. The molecule has 2 aromatic rings. The molecule has 9 heteroatoms. The summed E-state index contributed by atoms with van der Waals surface area (Å²) in [5.41, 5.74) is 4.03. The Morgan fingerprint density at radius 2 is 1.79 bits per heavy atom. The Bertz CT molecular complexity index is 1100. The predicted octanol–water partition coefficient (Wildman–Crippen LogP) is 1.93. The summed E-state index contributed by atoms with van der Waals surface area (Å²) in [6.07, 6.45) is 3.76. The SMILES string of the molecule is CCc1ccccc1Cc1cccc(C(CC(=O)O)NC(=O)NC2C(=O)C=CN(C)C2=O)c1.[NaH]. The number of carbonyl (C=O) groups excluding carboxylic acids is 3. The molecule has 2 aromatic carbocycles. The normalized spacial score (nSPS) is 15.9. The average molecular weight is 474 g/mol. The van der Waals surface area contributed by atoms with Crippen LogP contribution in [0.2, 0.25) is 0 Å². The molecular weight excluding hydrogens is 445 g/mol. The number of hydrogen-bond acceptors (Lipinski definition) is 4. The van der Waals surface area contributed by atoms with Crippen molar-refractivity contribution in [1.29, 1.82) is 0 Å². The van der Waals surface area contributed by atoms with Crippen molar-refractivity contribution < 1.29 is 24.3 Å². The Kier molecular flexibility index (Phi) is 10.0. The molecule has 2 unspecified atom stereocenters. The number of hydrogen-bond donors (Lipinski definition) is 3. The Labute approximate surface area is 220 Å². The molecule has 1 aliphatic heterocycles. The van der Waals surface area contributed by atoms with E-state index in [0.717, 1.165) is 12.0 Å². The molecule has 3 rings (SSSR count). The van der Waals surface area contributed by atoms with Crippen molar-refractivity contribution in [3.63, 3.8) is 0 Å². The Balaban J connectivity index is 0.00000408. The van der Waals surface area contributed by atoms with E-state index in [2.05, 4.69) is 29.7 Å². The number of carbonyl (C=O) groups is 4. The summed E-state index contributed by atoms with van der Waals surface area (Å²) in [4.78, 5) is 49.5. The summed E-state index contributed by atoms with van der Waals surface area (Å²) in [6, 6.07) is 12.5. The standard InChI is InChI=1S/C25H27N3O5.Na.H/c1-3-17-8-4-5-9-18(17)13-16-7-6-10-19(14-16)20(15-22(30)31)26-25(33)27-23-21(29)11-12-28(2)24(23)32;;/h4-12,14,20,23H,3,13,15H2,1-2H3,(H,30,31)(H2,26,27,33);;. The van der Waals surface area contributed by atoms with Gasteiger partial charge in [0.25, 0.3) is 5.91 Å². The maximum absolute atomic E-state index is 12.6. The molecule has 174 valence electrons. The fourth-order valence-electron chi connectivity index (χ4n) is 3.79. The van der Waals surface area contributed by atoms with E-state index in [-0.39, 0.29) is 36.0 Å². The Hall–Kier alpha value is -2.94. The Morgan fingerprint density at radius 1 is 1.09 bits per heavy atom. The van der Waals surface area contributed by atoms with Gasteiger partial charge in [-0.15, -0.1) is 0 Å². The van der Waals surface area contributed by atoms with E-state index in [9.17, 15) is 24.3 Å². The number of nitrogens with one attached hydrogen (secondary N) is 2. The van der Waals surface area contributed by atoms with Crippen LogP contribution in [-0.2, 0) is 27.2 Å². The van der Waals surface area contributed by atoms with Crippen LogP contribution >= 0.6 is 0 Å². The molecule has 2 atom stereocenters. The van der Waals surface area contributed by atoms with E-state index in [0.29, 0.717) is 12.0 Å². The van der Waals surface area contributed by atoms with E-state index < -0.39 is 35.8 Å². The molecular formula is C25H28N3NaO5. The molecule has 0 saturated heterocycles. The van der Waals surface area contributed by atoms with E-state index in [1.54, 1.807) is 6.07 Å². The number of nitrogens with zero attached hydrogens (tertiary/aromatic N) is 1. The van der Waals surface area contributed by atoms with Crippen LogP contribution in [0.1, 0.15) is 41.6 Å². The van der Waals surface area contributed by atoms with Gasteiger partial charge in [0, 0.05) is 19.3 Å². The van der Waals surface area contributed by atoms with Crippen LogP contribution in [0.5, 0.6) is 0 Å². The number of likely N-dealkylation sites (N-methyl/N-ethyl adjacent to an activating group) is 1. The molecule has 0 fully saturated rings. The van der Waals surface area contributed by atoms with Gasteiger partial charge in [0.15, 0.2) is 11.8 Å². The molecule has 0 aliphatic carbocycles. The molecule has 3 amide bonds. The minimum absolute atomic E-state index is 0. The number of carboxylic acids is 1. The van der Waals surface area contributed by atoms with Crippen LogP contribution in [0.4, 0.5) is 4.79 Å². The first kappa shape index (κ1) is 27.3. The minimum atomic E-state index is -1.35. The second-order valence-corrected chi connectivity index (χ2v) is 7.91. The second kappa shape index (κ2) is 12.5. The van der Waals surface area contributed by atoms with E-state index in [1.165, 1.54) is 35.4 Å². The number of amides is 3. The number of aliphatic carboxylic acids is 1. The van der Waals surface area contributed by atoms with Crippen LogP contribution in [0.25, 0.3) is 0 Å². The van der Waals surface area contributed by atoms with Gasteiger partial charge in [-0.05, 0) is 35.1 Å². The predicted molar refractivity (Wildman–Crippen MR) is 130 cm³/mol. The fourth-order valence-corrected chi connectivity index (χ4v) is 3.79. The van der Waals surface area contributed by atoms with Crippen molar-refractivity contribution in [2.24, 2.45) is 0 Å². The molecule has 0 spiro atoms. The van der Waals surface area contributed by atoms with Gasteiger partial charge in [-0.1, -0.05) is 55.5 Å². The quantitative estimate of drug-likeness (QED) is 0.400. The third-order valence-electron chi connectivity index (χ3n) is 5.55. The topological polar surface area (TPSA) is 116 Å². The molecule has 0 aromatic heterocycles. The van der Waals surface area contributed by atoms with E-state index in [1.807, 2.05) is 30.3 Å². The van der Waals surface area contributed by atoms with Crippen LogP contribution < -0.4 is 10.6 Å². The van der Waals surface area contributed by atoms with Gasteiger partial charge in [-0.25, -0.2) is 4.79 Å². The first-order valence-corrected chi connectivity index (χ1v) is 10.7. The van der Waals surface area contributed by atoms with E-state index >= 15 is 0 Å². The third kappa shape index (κ3) is 7.03. The molecule has 0 saturated carbocycles. The first-order valence-electron chi connectivity index (χ1n) is 10.7. The van der Waals surface area contributed by atoms with Crippen molar-refractivity contribution >= 4 is 53.2 Å². The molecule has 1 aliphatic rings. The van der Waals surface area contributed by atoms with Crippen molar-refractivity contribution in [2.45, 2.75) is 38.3 Å². The summed E-state index contributed by atoms with van der Waals surface area (Å²) >= 11 is 0. The summed E-state index contributed by atoms with van der Waals surface area (Å²) in [5.74, 6) is -2.20. The van der Waals surface area contributed by atoms with Crippen molar-refractivity contribution in [3.8, 4) is 0 Å². The van der Waals surface area contributed by atoms with Gasteiger partial charge in [0.05, 0.1) is 12.5 Å². The summed E-state index contributed by atoms with van der Waals surface area (Å²) in [6.45, 7) is 2.09. The number of carboxylic acid groups (broad SMARTS) is 1. The number of benzene rings is 2. The molecule has 34 heavy (non-hydrogen) atoms.